The Labute approximate surface area is 42.3 Å². The fraction of sp³-hybridized carbons (Fsp3) is 0. The van der Waals surface area contributed by atoms with Gasteiger partial charge >= 0.3 is 0 Å². The van der Waals surface area contributed by atoms with Crippen molar-refractivity contribution >= 4 is 29.0 Å². The Balaban J connectivity index is 3.20. The van der Waals surface area contributed by atoms with Gasteiger partial charge in [-0.3, -0.25) is 0 Å². The third-order valence-corrected chi connectivity index (χ3v) is 0.524. The van der Waals surface area contributed by atoms with Crippen LogP contribution < -0.4 is 0 Å². The summed E-state index contributed by atoms with van der Waals surface area (Å²) >= 11 is 8.15. The predicted molar refractivity (Wildman–Crippen MR) is 31.8 cm³/mol. The van der Waals surface area contributed by atoms with E-state index in [1.54, 1.807) is 0 Å². The lowest BCUT2D eigenvalue weighted by molar-refractivity contribution is 2.54. The molecule has 0 unspecified atom stereocenters. The lowest BCUT2D eigenvalue weighted by atomic mass is 10.8. The number of thiocarbonyl (C=S) groups is 1. The van der Waals surface area contributed by atoms with Crippen molar-refractivity contribution in [2.24, 2.45) is 0 Å². The molecule has 0 spiro atoms. The summed E-state index contributed by atoms with van der Waals surface area (Å²) < 4.78 is 0.546. The zero-order chi connectivity index (χ0) is 4.28. The molecule has 0 aliphatic rings. The van der Waals surface area contributed by atoms with Crippen molar-refractivity contribution in [2.75, 3.05) is 0 Å². The molecule has 0 aromatic carbocycles. The standard InChI is InChI=1S/C3H4S2/c1-2-3(4)5/h2H,1H2,(H,4,5). The Morgan fingerprint density at radius 1 is 2.00 bits per heavy atom. The van der Waals surface area contributed by atoms with Gasteiger partial charge in [-0.2, -0.15) is 0 Å². The highest BCUT2D eigenvalue weighted by molar-refractivity contribution is 8.11. The van der Waals surface area contributed by atoms with Gasteiger partial charge in [-0.15, -0.1) is 12.6 Å². The van der Waals surface area contributed by atoms with Gasteiger partial charge in [0.1, 0.15) is 0 Å². The molecular formula is C3H4S2. The Hall–Kier alpha value is 0.180. The molecule has 0 fully saturated rings. The number of thiol groups is 1. The van der Waals surface area contributed by atoms with Gasteiger partial charge < -0.3 is 0 Å². The normalized spacial score (nSPS) is 6.60. The molecule has 28 valence electrons. The van der Waals surface area contributed by atoms with Crippen molar-refractivity contribution in [3.05, 3.63) is 12.7 Å². The minimum atomic E-state index is 0.546. The van der Waals surface area contributed by atoms with Crippen LogP contribution in [0.2, 0.25) is 0 Å². The summed E-state index contributed by atoms with van der Waals surface area (Å²) in [6.45, 7) is 3.34. The van der Waals surface area contributed by atoms with Crippen LogP contribution in [-0.2, 0) is 0 Å². The molecule has 0 radical (unpaired) electrons. The fourth-order valence-corrected chi connectivity index (χ4v) is 0. The highest BCUT2D eigenvalue weighted by atomic mass is 32.1. The third kappa shape index (κ3) is 4.18. The molecule has 0 nitrogen and oxygen atoms in total. The average molecular weight is 104 g/mol. The fourth-order valence-electron chi connectivity index (χ4n) is 0. The van der Waals surface area contributed by atoms with Gasteiger partial charge in [0.15, 0.2) is 0 Å². The molecule has 5 heavy (non-hydrogen) atoms. The molecule has 2 heteroatoms. The predicted octanol–water partition coefficient (Wildman–Crippen LogP) is 1.43. The van der Waals surface area contributed by atoms with Crippen molar-refractivity contribution in [2.45, 2.75) is 0 Å². The molecule has 0 N–H and O–H groups in total. The van der Waals surface area contributed by atoms with Crippen molar-refractivity contribution in [1.82, 2.24) is 0 Å². The zero-order valence-electron chi connectivity index (χ0n) is 2.64. The number of hydrogen-bond donors (Lipinski definition) is 1. The maximum atomic E-state index is 4.44. The molecule has 0 aliphatic heterocycles. The first-order valence-corrected chi connectivity index (χ1v) is 1.98. The molecule has 0 heterocycles. The summed E-state index contributed by atoms with van der Waals surface area (Å²) in [6, 6.07) is 0. The highest BCUT2D eigenvalue weighted by Gasteiger charge is 1.64. The van der Waals surface area contributed by atoms with E-state index >= 15 is 0 Å². The number of hydrogen-bond acceptors (Lipinski definition) is 1. The first-order valence-electron chi connectivity index (χ1n) is 1.12. The van der Waals surface area contributed by atoms with Crippen LogP contribution in [0, 0.1) is 0 Å². The maximum Gasteiger partial charge on any atom is 0.0669 e. The van der Waals surface area contributed by atoms with E-state index in [4.69, 9.17) is 0 Å². The lowest BCUT2D eigenvalue weighted by Crippen LogP contribution is -1.61. The van der Waals surface area contributed by atoms with Crippen molar-refractivity contribution in [3.8, 4) is 0 Å². The average Bonchev–Trinajstić information content (AvgIpc) is 1.38. The molecule has 0 aromatic rings. The van der Waals surface area contributed by atoms with Crippen LogP contribution in [0.3, 0.4) is 0 Å². The van der Waals surface area contributed by atoms with Gasteiger partial charge in [0.05, 0.1) is 4.20 Å². The summed E-state index contributed by atoms with van der Waals surface area (Å²) in [5, 5.41) is 0. The number of rotatable bonds is 1. The van der Waals surface area contributed by atoms with Crippen LogP contribution in [0.15, 0.2) is 12.7 Å². The van der Waals surface area contributed by atoms with Crippen molar-refractivity contribution in [1.29, 1.82) is 0 Å². The first kappa shape index (κ1) is 5.18. The van der Waals surface area contributed by atoms with E-state index in [1.807, 2.05) is 0 Å². The van der Waals surface area contributed by atoms with Gasteiger partial charge in [0.25, 0.3) is 0 Å². The van der Waals surface area contributed by atoms with Gasteiger partial charge in [-0.25, -0.2) is 0 Å². The van der Waals surface area contributed by atoms with E-state index in [9.17, 15) is 0 Å². The van der Waals surface area contributed by atoms with Gasteiger partial charge in [0, 0.05) is 0 Å². The minimum Gasteiger partial charge on any atom is -0.132 e. The molecule has 0 aromatic heterocycles. The van der Waals surface area contributed by atoms with Crippen molar-refractivity contribution in [3.63, 3.8) is 0 Å². The van der Waals surface area contributed by atoms with Crippen LogP contribution in [0.4, 0.5) is 0 Å². The molecule has 0 aliphatic carbocycles. The van der Waals surface area contributed by atoms with Crippen LogP contribution >= 0.6 is 24.8 Å². The van der Waals surface area contributed by atoms with Gasteiger partial charge in [-0.05, 0) is 6.08 Å². The van der Waals surface area contributed by atoms with E-state index in [0.717, 1.165) is 0 Å². The van der Waals surface area contributed by atoms with E-state index < -0.39 is 0 Å². The summed E-state index contributed by atoms with van der Waals surface area (Å²) in [5.74, 6) is 0. The smallest absolute Gasteiger partial charge is 0.0669 e. The van der Waals surface area contributed by atoms with E-state index in [0.29, 0.717) is 4.20 Å². The van der Waals surface area contributed by atoms with Gasteiger partial charge in [-0.1, -0.05) is 18.8 Å². The second-order valence-electron chi connectivity index (χ2n) is 0.542. The molecule has 0 amide bonds. The van der Waals surface area contributed by atoms with E-state index in [-0.39, 0.29) is 0 Å². The summed E-state index contributed by atoms with van der Waals surface area (Å²) in [4.78, 5) is 0. The Morgan fingerprint density at radius 2 is 2.20 bits per heavy atom. The molecule has 0 bridgehead atoms. The Bertz CT molecular complexity index is 55.9. The molecule has 0 saturated carbocycles. The Morgan fingerprint density at radius 3 is 2.20 bits per heavy atom. The quantitative estimate of drug-likeness (QED) is 0.298. The first-order chi connectivity index (χ1) is 2.27. The summed E-state index contributed by atoms with van der Waals surface area (Å²) in [5.41, 5.74) is 0. The molecule has 0 rings (SSSR count). The highest BCUT2D eigenvalue weighted by Crippen LogP contribution is 1.79. The second-order valence-corrected chi connectivity index (χ2v) is 1.77. The summed E-state index contributed by atoms with van der Waals surface area (Å²) in [7, 11) is 0. The third-order valence-electron chi connectivity index (χ3n) is 0.175. The lowest BCUT2D eigenvalue weighted by Gasteiger charge is -1.67. The molecular weight excluding hydrogens is 100 g/mol. The van der Waals surface area contributed by atoms with Crippen LogP contribution in [0.25, 0.3) is 0 Å². The monoisotopic (exact) mass is 104 g/mol. The van der Waals surface area contributed by atoms with Crippen molar-refractivity contribution < 1.29 is 0 Å². The topological polar surface area (TPSA) is 0 Å². The van der Waals surface area contributed by atoms with Crippen LogP contribution in [0.1, 0.15) is 0 Å². The minimum absolute atomic E-state index is 0.546. The van der Waals surface area contributed by atoms with Gasteiger partial charge in [0.2, 0.25) is 0 Å². The summed E-state index contributed by atoms with van der Waals surface area (Å²) in [6.07, 6.45) is 1.51. The van der Waals surface area contributed by atoms with Crippen LogP contribution in [0.5, 0.6) is 0 Å². The second kappa shape index (κ2) is 2.42. The molecule has 0 saturated heterocycles. The van der Waals surface area contributed by atoms with Crippen LogP contribution in [-0.4, -0.2) is 4.20 Å². The molecule has 0 atom stereocenters. The largest absolute Gasteiger partial charge is 0.132 e. The zero-order valence-corrected chi connectivity index (χ0v) is 4.35. The SMILES string of the molecule is C=CC(=S)S. The maximum absolute atomic E-state index is 4.44. The Kier molecular flexibility index (Phi) is 2.51. The van der Waals surface area contributed by atoms with E-state index in [2.05, 4.69) is 31.4 Å². The van der Waals surface area contributed by atoms with E-state index in [1.165, 1.54) is 6.08 Å².